The lowest BCUT2D eigenvalue weighted by Gasteiger charge is -2.60. The Bertz CT molecular complexity index is 562. The van der Waals surface area contributed by atoms with Gasteiger partial charge in [0, 0.05) is 25.2 Å². The van der Waals surface area contributed by atoms with Crippen LogP contribution in [0.5, 0.6) is 0 Å². The van der Waals surface area contributed by atoms with Crippen LogP contribution in [0.2, 0.25) is 0 Å². The standard InChI is InChI=1S/C21H32F2O2/c1-13(24)25-18-7-6-16-15-5-4-14-12-21(22,23)11-10-19(14,2)17(15)8-9-20(16,18)3/h14-18H,4-12H2,1-3H3/t14-,15?,16?,17?,18?,19?,20?/m0/s1. The summed E-state index contributed by atoms with van der Waals surface area (Å²) < 4.78 is 33.6. The Kier molecular flexibility index (Phi) is 4.01. The highest BCUT2D eigenvalue weighted by Gasteiger charge is 2.62. The van der Waals surface area contributed by atoms with E-state index in [1.54, 1.807) is 0 Å². The van der Waals surface area contributed by atoms with Crippen LogP contribution in [0.1, 0.15) is 78.6 Å². The minimum absolute atomic E-state index is 0.0529. The number of hydrogen-bond acceptors (Lipinski definition) is 2. The van der Waals surface area contributed by atoms with Gasteiger partial charge in [-0.1, -0.05) is 13.8 Å². The van der Waals surface area contributed by atoms with Crippen molar-refractivity contribution in [1.29, 1.82) is 0 Å². The summed E-state index contributed by atoms with van der Waals surface area (Å²) in [4.78, 5) is 11.5. The first-order valence-corrected chi connectivity index (χ1v) is 10.2. The van der Waals surface area contributed by atoms with Crippen molar-refractivity contribution in [2.24, 2.45) is 34.5 Å². The maximum absolute atomic E-state index is 14.0. The molecule has 0 bridgehead atoms. The largest absolute Gasteiger partial charge is 0.462 e. The monoisotopic (exact) mass is 354 g/mol. The number of carbonyl (C=O) groups excluding carboxylic acids is 1. The second-order valence-electron chi connectivity index (χ2n) is 9.94. The Morgan fingerprint density at radius 3 is 2.36 bits per heavy atom. The third-order valence-corrected chi connectivity index (χ3v) is 8.86. The highest BCUT2D eigenvalue weighted by Crippen LogP contribution is 2.67. The Labute approximate surface area is 150 Å². The molecule has 0 radical (unpaired) electrons. The van der Waals surface area contributed by atoms with E-state index in [1.165, 1.54) is 6.92 Å². The van der Waals surface area contributed by atoms with E-state index in [4.69, 9.17) is 4.74 Å². The summed E-state index contributed by atoms with van der Waals surface area (Å²) in [5.41, 5.74) is 0.181. The molecule has 4 fully saturated rings. The zero-order chi connectivity index (χ0) is 18.0. The van der Waals surface area contributed by atoms with E-state index in [1.807, 2.05) is 0 Å². The Hall–Kier alpha value is -0.670. The van der Waals surface area contributed by atoms with Crippen LogP contribution in [0.3, 0.4) is 0 Å². The zero-order valence-electron chi connectivity index (χ0n) is 15.8. The molecular formula is C21H32F2O2. The molecule has 7 atom stereocenters. The molecule has 4 saturated carbocycles. The first kappa shape index (κ1) is 17.7. The van der Waals surface area contributed by atoms with Crippen LogP contribution in [0, 0.1) is 34.5 Å². The minimum Gasteiger partial charge on any atom is -0.462 e. The average Bonchev–Trinajstić information content (AvgIpc) is 2.84. The van der Waals surface area contributed by atoms with Crippen LogP contribution in [0.4, 0.5) is 8.78 Å². The number of ether oxygens (including phenoxy) is 1. The van der Waals surface area contributed by atoms with Gasteiger partial charge in [-0.05, 0) is 74.0 Å². The number of halogens is 2. The molecule has 0 spiro atoms. The van der Waals surface area contributed by atoms with Crippen LogP contribution < -0.4 is 0 Å². The first-order valence-electron chi connectivity index (χ1n) is 10.2. The fourth-order valence-electron chi connectivity index (χ4n) is 7.52. The maximum Gasteiger partial charge on any atom is 0.302 e. The Balaban J connectivity index is 1.57. The van der Waals surface area contributed by atoms with Crippen molar-refractivity contribution >= 4 is 5.97 Å². The molecule has 6 unspecified atom stereocenters. The molecule has 0 amide bonds. The molecule has 4 rings (SSSR count). The first-order chi connectivity index (χ1) is 11.7. The van der Waals surface area contributed by atoms with Crippen LogP contribution in [-0.4, -0.2) is 18.0 Å². The van der Waals surface area contributed by atoms with Crippen LogP contribution in [0.25, 0.3) is 0 Å². The van der Waals surface area contributed by atoms with Gasteiger partial charge in [-0.2, -0.15) is 0 Å². The molecule has 4 aliphatic carbocycles. The van der Waals surface area contributed by atoms with E-state index < -0.39 is 5.92 Å². The predicted molar refractivity (Wildman–Crippen MR) is 92.2 cm³/mol. The molecule has 0 aromatic rings. The molecule has 0 N–H and O–H groups in total. The summed E-state index contributed by atoms with van der Waals surface area (Å²) in [7, 11) is 0. The smallest absolute Gasteiger partial charge is 0.302 e. The topological polar surface area (TPSA) is 26.3 Å². The third kappa shape index (κ3) is 2.65. The summed E-state index contributed by atoms with van der Waals surface area (Å²) in [5, 5.41) is 0. The second-order valence-corrected chi connectivity index (χ2v) is 9.94. The summed E-state index contributed by atoms with van der Waals surface area (Å²) in [6.45, 7) is 6.14. The van der Waals surface area contributed by atoms with Crippen molar-refractivity contribution in [2.45, 2.75) is 90.6 Å². The van der Waals surface area contributed by atoms with Crippen molar-refractivity contribution < 1.29 is 18.3 Å². The van der Waals surface area contributed by atoms with Crippen molar-refractivity contribution in [1.82, 2.24) is 0 Å². The molecule has 0 saturated heterocycles. The van der Waals surface area contributed by atoms with Crippen molar-refractivity contribution in [2.75, 3.05) is 0 Å². The van der Waals surface area contributed by atoms with Gasteiger partial charge in [0.1, 0.15) is 6.10 Å². The predicted octanol–water partition coefficient (Wildman–Crippen LogP) is 5.60. The van der Waals surface area contributed by atoms with Crippen LogP contribution in [-0.2, 0) is 9.53 Å². The highest BCUT2D eigenvalue weighted by molar-refractivity contribution is 5.66. The van der Waals surface area contributed by atoms with Gasteiger partial charge in [0.2, 0.25) is 5.92 Å². The van der Waals surface area contributed by atoms with E-state index in [0.717, 1.165) is 38.5 Å². The molecule has 4 aliphatic rings. The van der Waals surface area contributed by atoms with Crippen LogP contribution in [0.15, 0.2) is 0 Å². The van der Waals surface area contributed by atoms with Gasteiger partial charge in [0.25, 0.3) is 0 Å². The Morgan fingerprint density at radius 2 is 1.64 bits per heavy atom. The van der Waals surface area contributed by atoms with E-state index >= 15 is 0 Å². The second kappa shape index (κ2) is 5.66. The average molecular weight is 354 g/mol. The van der Waals surface area contributed by atoms with Crippen molar-refractivity contribution in [3.8, 4) is 0 Å². The molecule has 0 aliphatic heterocycles. The molecule has 2 nitrogen and oxygen atoms in total. The number of carbonyl (C=O) groups is 1. The number of rotatable bonds is 1. The number of alkyl halides is 2. The van der Waals surface area contributed by atoms with Gasteiger partial charge >= 0.3 is 5.97 Å². The normalized spacial score (nSPS) is 51.2. The van der Waals surface area contributed by atoms with E-state index in [-0.39, 0.29) is 41.7 Å². The van der Waals surface area contributed by atoms with Gasteiger partial charge in [0.05, 0.1) is 0 Å². The molecule has 0 heterocycles. The number of hydrogen-bond donors (Lipinski definition) is 0. The fourth-order valence-corrected chi connectivity index (χ4v) is 7.52. The lowest BCUT2D eigenvalue weighted by molar-refractivity contribution is -0.174. The van der Waals surface area contributed by atoms with E-state index in [0.29, 0.717) is 24.2 Å². The van der Waals surface area contributed by atoms with Crippen molar-refractivity contribution in [3.05, 3.63) is 0 Å². The van der Waals surface area contributed by atoms with E-state index in [9.17, 15) is 13.6 Å². The van der Waals surface area contributed by atoms with Crippen LogP contribution >= 0.6 is 0 Å². The lowest BCUT2D eigenvalue weighted by atomic mass is 9.45. The van der Waals surface area contributed by atoms with Gasteiger partial charge in [-0.25, -0.2) is 8.78 Å². The van der Waals surface area contributed by atoms with Gasteiger partial charge < -0.3 is 4.74 Å². The lowest BCUT2D eigenvalue weighted by Crippen LogP contribution is -2.55. The van der Waals surface area contributed by atoms with E-state index in [2.05, 4.69) is 13.8 Å². The third-order valence-electron chi connectivity index (χ3n) is 8.86. The quantitative estimate of drug-likeness (QED) is 0.573. The van der Waals surface area contributed by atoms with Gasteiger partial charge in [0.15, 0.2) is 0 Å². The Morgan fingerprint density at radius 1 is 0.920 bits per heavy atom. The molecule has 142 valence electrons. The fraction of sp³-hybridized carbons (Fsp3) is 0.952. The SMILES string of the molecule is CC(=O)OC1CCC2C3CC[C@H]4CC(F)(F)CCC4(C)C3CCC12C. The summed E-state index contributed by atoms with van der Waals surface area (Å²) in [5.74, 6) is -0.625. The highest BCUT2D eigenvalue weighted by atomic mass is 19.3. The van der Waals surface area contributed by atoms with Crippen molar-refractivity contribution in [3.63, 3.8) is 0 Å². The molecule has 4 heteroatoms. The molecule has 0 aromatic heterocycles. The van der Waals surface area contributed by atoms with Gasteiger partial charge in [-0.15, -0.1) is 0 Å². The molecular weight excluding hydrogens is 322 g/mol. The summed E-state index contributed by atoms with van der Waals surface area (Å²) in [6, 6.07) is 0. The minimum atomic E-state index is -2.45. The molecule has 0 aromatic carbocycles. The molecule has 25 heavy (non-hydrogen) atoms. The van der Waals surface area contributed by atoms with Gasteiger partial charge in [-0.3, -0.25) is 4.79 Å². The summed E-state index contributed by atoms with van der Waals surface area (Å²) >= 11 is 0. The number of fused-ring (bicyclic) bond motifs is 5. The zero-order valence-corrected chi connectivity index (χ0v) is 15.8. The maximum atomic E-state index is 14.0. The number of esters is 1. The summed E-state index contributed by atoms with van der Waals surface area (Å²) in [6.07, 6.45) is 7.26.